The molecule has 0 bridgehead atoms. The van der Waals surface area contributed by atoms with Crippen molar-refractivity contribution in [2.75, 3.05) is 19.5 Å². The van der Waals surface area contributed by atoms with Crippen LogP contribution in [0.5, 0.6) is 11.5 Å². The minimum atomic E-state index is -1.19. The zero-order valence-corrected chi connectivity index (χ0v) is 14.1. The number of methoxy groups -OCH3 is 2. The summed E-state index contributed by atoms with van der Waals surface area (Å²) in [5, 5.41) is 21.6. The Morgan fingerprint density at radius 1 is 1.04 bits per heavy atom. The molecule has 0 saturated heterocycles. The van der Waals surface area contributed by atoms with Crippen LogP contribution in [0.25, 0.3) is 0 Å². The van der Waals surface area contributed by atoms with Gasteiger partial charge in [-0.1, -0.05) is 0 Å². The molecule has 0 radical (unpaired) electrons. The standard InChI is InChI=1S/C18H19NO6/c1-10-13(17(20)21)6-7-14(16(10)18(22)23)19-9-11-4-5-12(24-2)8-15(11)25-3/h4-8,19H,9H2,1-3H3,(H,20,21)(H,22,23). The highest BCUT2D eigenvalue weighted by Gasteiger charge is 2.19. The van der Waals surface area contributed by atoms with Gasteiger partial charge in [0.1, 0.15) is 11.5 Å². The number of carboxylic acids is 2. The highest BCUT2D eigenvalue weighted by molar-refractivity contribution is 6.00. The Kier molecular flexibility index (Phi) is 5.49. The van der Waals surface area contributed by atoms with Crippen molar-refractivity contribution < 1.29 is 29.3 Å². The molecule has 7 nitrogen and oxygen atoms in total. The Morgan fingerprint density at radius 3 is 2.32 bits per heavy atom. The van der Waals surface area contributed by atoms with E-state index in [0.717, 1.165) is 5.56 Å². The number of anilines is 1. The van der Waals surface area contributed by atoms with Crippen LogP contribution in [0.1, 0.15) is 31.8 Å². The zero-order chi connectivity index (χ0) is 18.6. The molecule has 0 unspecified atom stereocenters. The summed E-state index contributed by atoms with van der Waals surface area (Å²) in [6, 6.07) is 8.15. The lowest BCUT2D eigenvalue weighted by molar-refractivity contribution is 0.0696. The summed E-state index contributed by atoms with van der Waals surface area (Å²) < 4.78 is 10.5. The Hall–Kier alpha value is -3.22. The molecule has 2 rings (SSSR count). The maximum absolute atomic E-state index is 11.6. The second kappa shape index (κ2) is 7.57. The molecule has 2 aromatic rings. The lowest BCUT2D eigenvalue weighted by Crippen LogP contribution is -2.12. The number of nitrogens with one attached hydrogen (secondary N) is 1. The number of rotatable bonds is 7. The molecular formula is C18H19NO6. The number of carboxylic acid groups (broad SMARTS) is 2. The summed E-state index contributed by atoms with van der Waals surface area (Å²) in [6.45, 7) is 1.78. The van der Waals surface area contributed by atoms with Gasteiger partial charge in [0.2, 0.25) is 0 Å². The molecular weight excluding hydrogens is 326 g/mol. The van der Waals surface area contributed by atoms with E-state index in [4.69, 9.17) is 14.6 Å². The predicted molar refractivity (Wildman–Crippen MR) is 92.0 cm³/mol. The molecule has 0 fully saturated rings. The van der Waals surface area contributed by atoms with E-state index in [1.807, 2.05) is 6.07 Å². The summed E-state index contributed by atoms with van der Waals surface area (Å²) in [7, 11) is 3.09. The first-order valence-corrected chi connectivity index (χ1v) is 7.44. The molecule has 2 aromatic carbocycles. The fourth-order valence-corrected chi connectivity index (χ4v) is 2.55. The Bertz CT molecular complexity index is 815. The summed E-state index contributed by atoms with van der Waals surface area (Å²) in [6.07, 6.45) is 0. The molecule has 0 amide bonds. The lowest BCUT2D eigenvalue weighted by Gasteiger charge is -2.15. The first kappa shape index (κ1) is 18.1. The maximum atomic E-state index is 11.6. The molecule has 3 N–H and O–H groups in total. The van der Waals surface area contributed by atoms with Gasteiger partial charge < -0.3 is 25.0 Å². The average molecular weight is 345 g/mol. The molecule has 0 saturated carbocycles. The van der Waals surface area contributed by atoms with Gasteiger partial charge in [-0.15, -0.1) is 0 Å². The van der Waals surface area contributed by atoms with Crippen LogP contribution in [-0.2, 0) is 6.54 Å². The van der Waals surface area contributed by atoms with Gasteiger partial charge in [0, 0.05) is 23.9 Å². The molecule has 0 aliphatic rings. The quantitative estimate of drug-likeness (QED) is 0.708. The molecule has 0 aliphatic heterocycles. The third kappa shape index (κ3) is 3.82. The topological polar surface area (TPSA) is 105 Å². The zero-order valence-electron chi connectivity index (χ0n) is 14.1. The van der Waals surface area contributed by atoms with E-state index in [0.29, 0.717) is 23.7 Å². The van der Waals surface area contributed by atoms with Crippen molar-refractivity contribution in [2.45, 2.75) is 13.5 Å². The fraction of sp³-hybridized carbons (Fsp3) is 0.222. The van der Waals surface area contributed by atoms with Crippen LogP contribution in [0.2, 0.25) is 0 Å². The van der Waals surface area contributed by atoms with Gasteiger partial charge in [-0.25, -0.2) is 9.59 Å². The van der Waals surface area contributed by atoms with Gasteiger partial charge in [-0.3, -0.25) is 0 Å². The largest absolute Gasteiger partial charge is 0.497 e. The third-order valence-corrected chi connectivity index (χ3v) is 3.87. The van der Waals surface area contributed by atoms with Crippen molar-refractivity contribution in [3.8, 4) is 11.5 Å². The summed E-state index contributed by atoms with van der Waals surface area (Å²) >= 11 is 0. The first-order chi connectivity index (χ1) is 11.9. The monoisotopic (exact) mass is 345 g/mol. The number of benzene rings is 2. The Morgan fingerprint density at radius 2 is 1.76 bits per heavy atom. The number of ether oxygens (including phenoxy) is 2. The Labute approximate surface area is 144 Å². The van der Waals surface area contributed by atoms with Crippen LogP contribution in [0.4, 0.5) is 5.69 Å². The van der Waals surface area contributed by atoms with Crippen LogP contribution < -0.4 is 14.8 Å². The molecule has 0 spiro atoms. The van der Waals surface area contributed by atoms with Gasteiger partial charge in [-0.2, -0.15) is 0 Å². The van der Waals surface area contributed by atoms with Gasteiger partial charge >= 0.3 is 11.9 Å². The number of hydrogen-bond donors (Lipinski definition) is 3. The second-order valence-corrected chi connectivity index (χ2v) is 5.30. The van der Waals surface area contributed by atoms with Gasteiger partial charge in [0.05, 0.1) is 25.3 Å². The molecule has 25 heavy (non-hydrogen) atoms. The van der Waals surface area contributed by atoms with E-state index in [9.17, 15) is 14.7 Å². The highest BCUT2D eigenvalue weighted by atomic mass is 16.5. The van der Waals surface area contributed by atoms with Crippen LogP contribution in [0.15, 0.2) is 30.3 Å². The van der Waals surface area contributed by atoms with E-state index in [1.54, 1.807) is 19.2 Å². The minimum Gasteiger partial charge on any atom is -0.497 e. The van der Waals surface area contributed by atoms with Crippen LogP contribution >= 0.6 is 0 Å². The van der Waals surface area contributed by atoms with E-state index < -0.39 is 11.9 Å². The predicted octanol–water partition coefficient (Wildman–Crippen LogP) is 3.02. The fourth-order valence-electron chi connectivity index (χ4n) is 2.55. The third-order valence-electron chi connectivity index (χ3n) is 3.87. The van der Waals surface area contributed by atoms with Crippen molar-refractivity contribution >= 4 is 17.6 Å². The smallest absolute Gasteiger partial charge is 0.338 e. The van der Waals surface area contributed by atoms with E-state index in [1.165, 1.54) is 26.2 Å². The van der Waals surface area contributed by atoms with Crippen molar-refractivity contribution in [3.63, 3.8) is 0 Å². The summed E-state index contributed by atoms with van der Waals surface area (Å²) in [4.78, 5) is 22.8. The first-order valence-electron chi connectivity index (χ1n) is 7.44. The number of carbonyl (C=O) groups is 2. The van der Waals surface area contributed by atoms with Crippen molar-refractivity contribution in [2.24, 2.45) is 0 Å². The van der Waals surface area contributed by atoms with E-state index in [2.05, 4.69) is 5.32 Å². The lowest BCUT2D eigenvalue weighted by atomic mass is 10.00. The average Bonchev–Trinajstić information content (AvgIpc) is 2.58. The van der Waals surface area contributed by atoms with Crippen LogP contribution in [0, 0.1) is 6.92 Å². The molecule has 0 aliphatic carbocycles. The van der Waals surface area contributed by atoms with Crippen molar-refractivity contribution in [1.29, 1.82) is 0 Å². The molecule has 132 valence electrons. The van der Waals surface area contributed by atoms with E-state index >= 15 is 0 Å². The number of aromatic carboxylic acids is 2. The van der Waals surface area contributed by atoms with Gasteiger partial charge in [-0.05, 0) is 36.8 Å². The van der Waals surface area contributed by atoms with Crippen LogP contribution in [0.3, 0.4) is 0 Å². The molecule has 0 heterocycles. The molecule has 0 atom stereocenters. The Balaban J connectivity index is 2.34. The maximum Gasteiger partial charge on any atom is 0.338 e. The second-order valence-electron chi connectivity index (χ2n) is 5.30. The number of hydrogen-bond acceptors (Lipinski definition) is 5. The van der Waals surface area contributed by atoms with Crippen molar-refractivity contribution in [1.82, 2.24) is 0 Å². The molecule has 0 aromatic heterocycles. The SMILES string of the molecule is COc1ccc(CNc2ccc(C(=O)O)c(C)c2C(=O)O)c(OC)c1. The minimum absolute atomic E-state index is 0.0371. The summed E-state index contributed by atoms with van der Waals surface area (Å²) in [5.41, 5.74) is 1.25. The van der Waals surface area contributed by atoms with Crippen LogP contribution in [-0.4, -0.2) is 36.4 Å². The van der Waals surface area contributed by atoms with Crippen molar-refractivity contribution in [3.05, 3.63) is 52.6 Å². The van der Waals surface area contributed by atoms with Gasteiger partial charge in [0.15, 0.2) is 0 Å². The highest BCUT2D eigenvalue weighted by Crippen LogP contribution is 2.28. The normalized spacial score (nSPS) is 10.2. The van der Waals surface area contributed by atoms with Gasteiger partial charge in [0.25, 0.3) is 0 Å². The molecule has 7 heteroatoms. The summed E-state index contributed by atoms with van der Waals surface area (Å²) in [5.74, 6) is -1.11. The van der Waals surface area contributed by atoms with E-state index in [-0.39, 0.29) is 16.7 Å².